The predicted octanol–water partition coefficient (Wildman–Crippen LogP) is 0.901. The Morgan fingerprint density at radius 1 is 1.56 bits per heavy atom. The van der Waals surface area contributed by atoms with E-state index in [1.807, 2.05) is 0 Å². The molecule has 0 spiro atoms. The number of carbonyl (C=O) groups excluding carboxylic acids is 1. The smallest absolute Gasteiger partial charge is 0.408 e. The van der Waals surface area contributed by atoms with Crippen LogP contribution in [-0.4, -0.2) is 39.5 Å². The molecule has 1 saturated carbocycles. The van der Waals surface area contributed by atoms with Crippen LogP contribution in [0.4, 0.5) is 4.79 Å². The molecule has 3 atom stereocenters. The van der Waals surface area contributed by atoms with Gasteiger partial charge in [0.15, 0.2) is 6.10 Å². The van der Waals surface area contributed by atoms with Crippen molar-refractivity contribution in [2.24, 2.45) is 5.92 Å². The minimum absolute atomic E-state index is 0.267. The van der Waals surface area contributed by atoms with Crippen molar-refractivity contribution in [3.8, 4) is 0 Å². The number of rotatable bonds is 4. The van der Waals surface area contributed by atoms with E-state index in [2.05, 4.69) is 11.9 Å². The molecule has 6 nitrogen and oxygen atoms in total. The van der Waals surface area contributed by atoms with Crippen molar-refractivity contribution in [3.05, 3.63) is 12.7 Å². The fourth-order valence-corrected chi connectivity index (χ4v) is 1.84. The van der Waals surface area contributed by atoms with E-state index in [1.54, 1.807) is 20.8 Å². The number of aliphatic hydroxyl groups excluding tert-OH is 1. The fraction of sp³-hybridized carbons (Fsp3) is 0.667. The molecule has 0 saturated heterocycles. The number of carboxylic acid groups (broad SMARTS) is 1. The summed E-state index contributed by atoms with van der Waals surface area (Å²) in [4.78, 5) is 22.5. The molecule has 1 amide bonds. The summed E-state index contributed by atoms with van der Waals surface area (Å²) < 4.78 is 5.05. The number of carboxylic acids is 1. The minimum atomic E-state index is -1.67. The maximum Gasteiger partial charge on any atom is 0.408 e. The molecule has 1 rings (SSSR count). The van der Waals surface area contributed by atoms with E-state index < -0.39 is 29.3 Å². The number of alkyl carbamates (subject to hydrolysis) is 1. The summed E-state index contributed by atoms with van der Waals surface area (Å²) in [5.41, 5.74) is -1.88. The molecule has 102 valence electrons. The Balaban J connectivity index is 2.75. The Morgan fingerprint density at radius 2 is 2.11 bits per heavy atom. The van der Waals surface area contributed by atoms with Gasteiger partial charge >= 0.3 is 12.1 Å². The van der Waals surface area contributed by atoms with Gasteiger partial charge in [0.2, 0.25) is 0 Å². The number of ether oxygens (including phenoxy) is 1. The van der Waals surface area contributed by atoms with Crippen LogP contribution in [-0.2, 0) is 9.53 Å². The highest BCUT2D eigenvalue weighted by molar-refractivity contribution is 5.78. The maximum absolute atomic E-state index is 11.6. The van der Waals surface area contributed by atoms with Crippen molar-refractivity contribution >= 4 is 12.1 Å². The van der Waals surface area contributed by atoms with E-state index >= 15 is 0 Å². The Hall–Kier alpha value is -1.56. The van der Waals surface area contributed by atoms with Gasteiger partial charge in [0, 0.05) is 5.92 Å². The van der Waals surface area contributed by atoms with Crippen molar-refractivity contribution in [1.82, 2.24) is 5.32 Å². The lowest BCUT2D eigenvalue weighted by atomic mass is 10.1. The first kappa shape index (κ1) is 14.5. The van der Waals surface area contributed by atoms with Gasteiger partial charge < -0.3 is 20.3 Å². The molecule has 1 aliphatic carbocycles. The van der Waals surface area contributed by atoms with Crippen molar-refractivity contribution in [3.63, 3.8) is 0 Å². The van der Waals surface area contributed by atoms with Crippen molar-refractivity contribution in [2.75, 3.05) is 0 Å². The van der Waals surface area contributed by atoms with Gasteiger partial charge in [0.1, 0.15) is 5.60 Å². The molecular formula is C12H19NO5. The molecule has 1 fully saturated rings. The predicted molar refractivity (Wildman–Crippen MR) is 64.0 cm³/mol. The quantitative estimate of drug-likeness (QED) is 0.650. The highest BCUT2D eigenvalue weighted by atomic mass is 16.6. The summed E-state index contributed by atoms with van der Waals surface area (Å²) in [6.07, 6.45) is -0.563. The van der Waals surface area contributed by atoms with E-state index in [0.717, 1.165) is 0 Å². The zero-order valence-electron chi connectivity index (χ0n) is 10.8. The number of aliphatic carboxylic acids is 1. The summed E-state index contributed by atoms with van der Waals surface area (Å²) in [5.74, 6) is -1.65. The van der Waals surface area contributed by atoms with Gasteiger partial charge in [-0.25, -0.2) is 9.59 Å². The number of carbonyl (C=O) groups is 2. The number of nitrogens with one attached hydrogen (secondary N) is 1. The lowest BCUT2D eigenvalue weighted by Gasteiger charge is -2.25. The Morgan fingerprint density at radius 3 is 2.44 bits per heavy atom. The zero-order valence-corrected chi connectivity index (χ0v) is 10.8. The van der Waals surface area contributed by atoms with Crippen LogP contribution in [0.25, 0.3) is 0 Å². The van der Waals surface area contributed by atoms with Crippen LogP contribution in [0.2, 0.25) is 0 Å². The van der Waals surface area contributed by atoms with Gasteiger partial charge in [0.05, 0.1) is 5.54 Å². The first-order valence-electron chi connectivity index (χ1n) is 5.67. The highest BCUT2D eigenvalue weighted by Gasteiger charge is 2.61. The lowest BCUT2D eigenvalue weighted by Crippen LogP contribution is -2.51. The van der Waals surface area contributed by atoms with Crippen molar-refractivity contribution in [1.29, 1.82) is 0 Å². The summed E-state index contributed by atoms with van der Waals surface area (Å²) in [7, 11) is 0. The number of hydrogen-bond acceptors (Lipinski definition) is 4. The monoisotopic (exact) mass is 257 g/mol. The molecule has 3 unspecified atom stereocenters. The topological polar surface area (TPSA) is 95.9 Å². The Bertz CT molecular complexity index is 373. The van der Waals surface area contributed by atoms with Crippen molar-refractivity contribution in [2.45, 2.75) is 44.4 Å². The standard InChI is InChI=1S/C12H19NO5/c1-5-7-6-12(7,8(14)9(15)16)13-10(17)18-11(2,3)4/h5,7-8,14H,1,6H2,2-4H3,(H,13,17)(H,15,16). The van der Waals surface area contributed by atoms with Gasteiger partial charge in [-0.15, -0.1) is 6.58 Å². The van der Waals surface area contributed by atoms with Crippen LogP contribution >= 0.6 is 0 Å². The summed E-state index contributed by atoms with van der Waals surface area (Å²) in [5, 5.41) is 20.9. The van der Waals surface area contributed by atoms with Crippen LogP contribution in [0.5, 0.6) is 0 Å². The third kappa shape index (κ3) is 3.01. The molecule has 0 aliphatic heterocycles. The molecule has 0 aromatic heterocycles. The zero-order chi connectivity index (χ0) is 14.1. The third-order valence-corrected chi connectivity index (χ3v) is 2.80. The van der Waals surface area contributed by atoms with E-state index in [9.17, 15) is 14.7 Å². The first-order valence-corrected chi connectivity index (χ1v) is 5.67. The molecule has 0 radical (unpaired) electrons. The SMILES string of the molecule is C=CC1CC1(NC(=O)OC(C)(C)C)C(O)C(=O)O. The lowest BCUT2D eigenvalue weighted by molar-refractivity contribution is -0.149. The largest absolute Gasteiger partial charge is 0.479 e. The van der Waals surface area contributed by atoms with E-state index in [1.165, 1.54) is 6.08 Å². The second-order valence-corrected chi connectivity index (χ2v) is 5.45. The number of amides is 1. The van der Waals surface area contributed by atoms with Crippen LogP contribution in [0.15, 0.2) is 12.7 Å². The normalized spacial score (nSPS) is 28.1. The average Bonchev–Trinajstić information content (AvgIpc) is 2.88. The summed E-state index contributed by atoms with van der Waals surface area (Å²) >= 11 is 0. The molecular weight excluding hydrogens is 238 g/mol. The van der Waals surface area contributed by atoms with E-state index in [0.29, 0.717) is 6.42 Å². The second-order valence-electron chi connectivity index (χ2n) is 5.45. The average molecular weight is 257 g/mol. The van der Waals surface area contributed by atoms with E-state index in [-0.39, 0.29) is 5.92 Å². The van der Waals surface area contributed by atoms with Crippen LogP contribution in [0.1, 0.15) is 27.2 Å². The molecule has 0 aromatic carbocycles. The first-order chi connectivity index (χ1) is 8.12. The maximum atomic E-state index is 11.6. The second kappa shape index (κ2) is 4.61. The summed E-state index contributed by atoms with van der Waals surface area (Å²) in [6, 6.07) is 0. The van der Waals surface area contributed by atoms with Crippen LogP contribution < -0.4 is 5.32 Å². The fourth-order valence-electron chi connectivity index (χ4n) is 1.84. The van der Waals surface area contributed by atoms with Gasteiger partial charge in [-0.3, -0.25) is 0 Å². The minimum Gasteiger partial charge on any atom is -0.479 e. The van der Waals surface area contributed by atoms with Crippen LogP contribution in [0.3, 0.4) is 0 Å². The number of hydrogen-bond donors (Lipinski definition) is 3. The van der Waals surface area contributed by atoms with E-state index in [4.69, 9.17) is 9.84 Å². The highest BCUT2D eigenvalue weighted by Crippen LogP contribution is 2.47. The van der Waals surface area contributed by atoms with Crippen LogP contribution in [0, 0.1) is 5.92 Å². The molecule has 18 heavy (non-hydrogen) atoms. The molecule has 0 aromatic rings. The summed E-state index contributed by atoms with van der Waals surface area (Å²) in [6.45, 7) is 8.64. The third-order valence-electron chi connectivity index (χ3n) is 2.80. The van der Waals surface area contributed by atoms with Gasteiger partial charge in [0.25, 0.3) is 0 Å². The van der Waals surface area contributed by atoms with Gasteiger partial charge in [-0.2, -0.15) is 0 Å². The Kier molecular flexibility index (Phi) is 3.71. The molecule has 1 aliphatic rings. The number of aliphatic hydroxyl groups is 1. The van der Waals surface area contributed by atoms with Gasteiger partial charge in [-0.05, 0) is 27.2 Å². The molecule has 6 heteroatoms. The molecule has 3 N–H and O–H groups in total. The molecule has 0 bridgehead atoms. The van der Waals surface area contributed by atoms with Crippen molar-refractivity contribution < 1.29 is 24.5 Å². The molecule has 0 heterocycles. The van der Waals surface area contributed by atoms with Gasteiger partial charge in [-0.1, -0.05) is 6.08 Å². The Labute approximate surface area is 106 Å².